The van der Waals surface area contributed by atoms with E-state index in [-0.39, 0.29) is 23.9 Å². The molecule has 2 saturated carbocycles. The zero-order chi connectivity index (χ0) is 40.2. The van der Waals surface area contributed by atoms with Crippen LogP contribution < -0.4 is 0 Å². The number of nitrogens with one attached hydrogen (secondary N) is 2. The molecule has 310 valence electrons. The Labute approximate surface area is 346 Å². The molecule has 0 bridgehead atoms. The topological polar surface area (TPSA) is 104 Å². The van der Waals surface area contributed by atoms with Gasteiger partial charge in [-0.2, -0.15) is 0 Å². The Balaban J connectivity index is 0.865. The van der Waals surface area contributed by atoms with Crippen molar-refractivity contribution in [2.24, 2.45) is 11.8 Å². The molecule has 2 unspecified atom stereocenters. The van der Waals surface area contributed by atoms with Gasteiger partial charge in [0.2, 0.25) is 11.8 Å². The number of imidazole rings is 2. The highest BCUT2D eigenvalue weighted by Gasteiger charge is 2.39. The second-order valence-electron chi connectivity index (χ2n) is 17.4. The molecule has 2 atom stereocenters. The number of carbonyl (C=O) groups excluding carboxylic acids is 2. The van der Waals surface area contributed by atoms with Gasteiger partial charge in [-0.05, 0) is 125 Å². The molecule has 58 heavy (non-hydrogen) atoms. The minimum Gasteiger partial charge on any atom is -0.340 e. The largest absolute Gasteiger partial charge is 0.340 e. The molecule has 2 aromatic heterocycles. The van der Waals surface area contributed by atoms with Gasteiger partial charge < -0.3 is 29.6 Å². The van der Waals surface area contributed by atoms with Gasteiger partial charge in [0.1, 0.15) is 11.6 Å². The number of carbonyl (C=O) groups is 2. The summed E-state index contributed by atoms with van der Waals surface area (Å²) in [5, 5.41) is 0. The Morgan fingerprint density at radius 2 is 0.879 bits per heavy atom. The second-order valence-corrected chi connectivity index (χ2v) is 17.4. The maximum atomic E-state index is 13.8. The van der Waals surface area contributed by atoms with Crippen molar-refractivity contribution in [2.45, 2.75) is 129 Å². The van der Waals surface area contributed by atoms with E-state index in [1.807, 2.05) is 12.4 Å². The van der Waals surface area contributed by atoms with Crippen molar-refractivity contribution in [2.75, 3.05) is 39.3 Å². The molecule has 4 aliphatic rings. The number of amides is 2. The predicted molar refractivity (Wildman–Crippen MR) is 232 cm³/mol. The molecule has 2 aliphatic carbocycles. The third-order valence-corrected chi connectivity index (χ3v) is 14.4. The summed E-state index contributed by atoms with van der Waals surface area (Å²) in [6, 6.07) is 18.6. The minimum absolute atomic E-state index is 0.0257. The molecule has 10 nitrogen and oxygen atoms in total. The summed E-state index contributed by atoms with van der Waals surface area (Å²) in [6.45, 7) is 15.0. The van der Waals surface area contributed by atoms with Crippen LogP contribution >= 0.6 is 0 Å². The summed E-state index contributed by atoms with van der Waals surface area (Å²) in [5.74, 6) is 2.73. The van der Waals surface area contributed by atoms with Gasteiger partial charge in [-0.3, -0.25) is 9.59 Å². The van der Waals surface area contributed by atoms with Crippen molar-refractivity contribution >= 4 is 11.8 Å². The number of H-pyrrole nitrogens is 2. The Morgan fingerprint density at radius 1 is 0.534 bits per heavy atom. The molecule has 2 saturated heterocycles. The number of rotatable bonds is 13. The zero-order valence-electron chi connectivity index (χ0n) is 35.5. The fourth-order valence-electron chi connectivity index (χ4n) is 10.9. The molecule has 2 amide bonds. The van der Waals surface area contributed by atoms with E-state index >= 15 is 0 Å². The molecule has 4 fully saturated rings. The van der Waals surface area contributed by atoms with E-state index in [2.05, 4.69) is 106 Å². The lowest BCUT2D eigenvalue weighted by molar-refractivity contribution is -0.138. The first-order valence-electron chi connectivity index (χ1n) is 22.8. The van der Waals surface area contributed by atoms with Crippen LogP contribution in [0.25, 0.3) is 33.6 Å². The third kappa shape index (κ3) is 8.42. The van der Waals surface area contributed by atoms with Gasteiger partial charge in [0.25, 0.3) is 0 Å². The van der Waals surface area contributed by atoms with Crippen LogP contribution in [-0.2, 0) is 9.59 Å². The van der Waals surface area contributed by atoms with E-state index in [4.69, 9.17) is 9.97 Å². The zero-order valence-corrected chi connectivity index (χ0v) is 35.5. The first-order valence-corrected chi connectivity index (χ1v) is 22.8. The minimum atomic E-state index is 0.0257. The lowest BCUT2D eigenvalue weighted by atomic mass is 9.84. The van der Waals surface area contributed by atoms with Crippen LogP contribution in [0.5, 0.6) is 0 Å². The molecule has 2 aromatic carbocycles. The van der Waals surface area contributed by atoms with Crippen molar-refractivity contribution in [1.82, 2.24) is 39.5 Å². The van der Waals surface area contributed by atoms with E-state index in [0.717, 1.165) is 162 Å². The lowest BCUT2D eigenvalue weighted by Gasteiger charge is -2.37. The number of aromatic nitrogens is 4. The van der Waals surface area contributed by atoms with Gasteiger partial charge >= 0.3 is 0 Å². The van der Waals surface area contributed by atoms with Crippen LogP contribution in [0, 0.1) is 11.8 Å². The van der Waals surface area contributed by atoms with Crippen molar-refractivity contribution in [3.63, 3.8) is 0 Å². The average molecular weight is 787 g/mol. The number of hydrogen-bond donors (Lipinski definition) is 2. The predicted octanol–water partition coefficient (Wildman–Crippen LogP) is 9.26. The number of aromatic amines is 2. The number of nitrogens with zero attached hydrogens (tertiary/aromatic N) is 6. The van der Waals surface area contributed by atoms with Crippen molar-refractivity contribution < 1.29 is 9.59 Å². The molecule has 4 heterocycles. The van der Waals surface area contributed by atoms with Crippen molar-refractivity contribution in [3.05, 3.63) is 72.6 Å². The van der Waals surface area contributed by atoms with Gasteiger partial charge in [0.05, 0.1) is 35.9 Å². The maximum Gasteiger partial charge on any atom is 0.226 e. The summed E-state index contributed by atoms with van der Waals surface area (Å²) >= 11 is 0. The molecular formula is C48H66N8O2. The van der Waals surface area contributed by atoms with E-state index < -0.39 is 0 Å². The van der Waals surface area contributed by atoms with Crippen molar-refractivity contribution in [3.8, 4) is 33.6 Å². The van der Waals surface area contributed by atoms with Crippen LogP contribution in [0.2, 0.25) is 0 Å². The van der Waals surface area contributed by atoms with Gasteiger partial charge in [-0.1, -0.05) is 76.2 Å². The molecule has 2 aliphatic heterocycles. The molecular weight excluding hydrogens is 721 g/mol. The Bertz CT molecular complexity index is 1800. The van der Waals surface area contributed by atoms with E-state index in [0.29, 0.717) is 23.9 Å². The van der Waals surface area contributed by atoms with Crippen LogP contribution in [0.4, 0.5) is 0 Å². The summed E-state index contributed by atoms with van der Waals surface area (Å²) in [4.78, 5) is 53.7. The monoisotopic (exact) mass is 787 g/mol. The van der Waals surface area contributed by atoms with Gasteiger partial charge in [0, 0.05) is 37.0 Å². The first-order chi connectivity index (χ1) is 28.4. The summed E-state index contributed by atoms with van der Waals surface area (Å²) in [6.07, 6.45) is 16.3. The molecule has 2 N–H and O–H groups in total. The quantitative estimate of drug-likeness (QED) is 0.140. The normalized spacial score (nSPS) is 25.3. The summed E-state index contributed by atoms with van der Waals surface area (Å²) in [7, 11) is 0. The molecule has 8 rings (SSSR count). The third-order valence-electron chi connectivity index (χ3n) is 14.4. The van der Waals surface area contributed by atoms with Gasteiger partial charge in [-0.15, -0.1) is 0 Å². The molecule has 0 radical (unpaired) electrons. The molecule has 4 aromatic rings. The van der Waals surface area contributed by atoms with E-state index in [1.54, 1.807) is 0 Å². The van der Waals surface area contributed by atoms with Gasteiger partial charge in [0.15, 0.2) is 0 Å². The first kappa shape index (κ1) is 40.5. The van der Waals surface area contributed by atoms with Crippen LogP contribution in [0.15, 0.2) is 60.9 Å². The van der Waals surface area contributed by atoms with E-state index in [1.165, 1.54) is 0 Å². The van der Waals surface area contributed by atoms with Crippen LogP contribution in [0.1, 0.15) is 128 Å². The smallest absolute Gasteiger partial charge is 0.226 e. The number of likely N-dealkylation sites (tertiary alicyclic amines) is 2. The Morgan fingerprint density at radius 3 is 1.22 bits per heavy atom. The number of benzene rings is 2. The van der Waals surface area contributed by atoms with Crippen LogP contribution in [-0.4, -0.2) is 103 Å². The average Bonchev–Trinajstić information content (AvgIpc) is 4.12. The SMILES string of the molecule is CCN(CC)C1CCC(C(=O)N2CCCC2c2ncc(-c3ccc(-c4ccc(-c5cnc(C6CCCN6C(=O)C6CCC(N(CC)CC)CC6)[nH]5)cc4)cc3)[nH]2)CC1. The fourth-order valence-corrected chi connectivity index (χ4v) is 10.9. The van der Waals surface area contributed by atoms with E-state index in [9.17, 15) is 9.59 Å². The van der Waals surface area contributed by atoms with Crippen LogP contribution in [0.3, 0.4) is 0 Å². The Hall–Kier alpha value is -4.28. The highest BCUT2D eigenvalue weighted by atomic mass is 16.2. The van der Waals surface area contributed by atoms with Crippen molar-refractivity contribution in [1.29, 1.82) is 0 Å². The fraction of sp³-hybridized carbons (Fsp3) is 0.583. The summed E-state index contributed by atoms with van der Waals surface area (Å²) < 4.78 is 0. The maximum absolute atomic E-state index is 13.8. The van der Waals surface area contributed by atoms with Gasteiger partial charge in [-0.25, -0.2) is 9.97 Å². The molecule has 10 heteroatoms. The second kappa shape index (κ2) is 18.3. The highest BCUT2D eigenvalue weighted by Crippen LogP contribution is 2.38. The number of hydrogen-bond acceptors (Lipinski definition) is 6. The highest BCUT2D eigenvalue weighted by molar-refractivity contribution is 5.80. The lowest BCUT2D eigenvalue weighted by Crippen LogP contribution is -2.42. The Kier molecular flexibility index (Phi) is 12.8. The standard InChI is InChI=1S/C48H66N8O2/c1-5-53(6-2)39-25-21-37(22-26-39)47(57)55-29-9-11-43(55)45-49-31-41(51-45)35-17-13-33(14-18-35)34-15-19-36(20-16-34)42-32-50-46(52-42)44-12-10-30-56(44)48(58)38-23-27-40(28-24-38)54(7-3)8-4/h13-20,31-32,37-40,43-44H,5-12,21-30H2,1-4H3,(H,49,51)(H,50,52). The molecule has 0 spiro atoms. The summed E-state index contributed by atoms with van der Waals surface area (Å²) in [5.41, 5.74) is 6.43.